The van der Waals surface area contributed by atoms with Crippen LogP contribution in [0.4, 0.5) is 0 Å². The largest absolute Gasteiger partial charge is 0.479 e. The van der Waals surface area contributed by atoms with E-state index in [0.717, 1.165) is 11.1 Å². The van der Waals surface area contributed by atoms with Crippen LogP contribution in [-0.2, 0) is 10.3 Å². The summed E-state index contributed by atoms with van der Waals surface area (Å²) in [5.41, 5.74) is 0.713. The second-order valence-electron chi connectivity index (χ2n) is 4.21. The Kier molecular flexibility index (Phi) is 2.71. The van der Waals surface area contributed by atoms with Gasteiger partial charge in [-0.25, -0.2) is 9.78 Å². The molecule has 88 valence electrons. The first-order chi connectivity index (χ1) is 8.05. The van der Waals surface area contributed by atoms with E-state index in [4.69, 9.17) is 0 Å². The van der Waals surface area contributed by atoms with Gasteiger partial charge in [-0.05, 0) is 19.4 Å². The van der Waals surface area contributed by atoms with Crippen molar-refractivity contribution in [1.29, 1.82) is 0 Å². The standard InChI is InChI=1S/C13H14N2O2/c1-10-3-5-11(6-4-10)13(2,12(16)17)15-8-7-14-9-15/h3-9H,1-2H3,(H,16,17). The quantitative estimate of drug-likeness (QED) is 0.877. The zero-order chi connectivity index (χ0) is 12.5. The molecule has 1 atom stereocenters. The maximum Gasteiger partial charge on any atom is 0.334 e. The molecule has 1 N–H and O–H groups in total. The van der Waals surface area contributed by atoms with Crippen molar-refractivity contribution < 1.29 is 9.90 Å². The normalized spacial score (nSPS) is 14.2. The summed E-state index contributed by atoms with van der Waals surface area (Å²) in [6, 6.07) is 7.49. The van der Waals surface area contributed by atoms with E-state index in [0.29, 0.717) is 0 Å². The van der Waals surface area contributed by atoms with Crippen LogP contribution in [0.25, 0.3) is 0 Å². The fraction of sp³-hybridized carbons (Fsp3) is 0.231. The molecule has 0 aliphatic heterocycles. The Morgan fingerprint density at radius 1 is 1.35 bits per heavy atom. The molecule has 4 nitrogen and oxygen atoms in total. The van der Waals surface area contributed by atoms with Crippen molar-refractivity contribution >= 4 is 5.97 Å². The van der Waals surface area contributed by atoms with Crippen molar-refractivity contribution in [1.82, 2.24) is 9.55 Å². The molecule has 1 aromatic heterocycles. The molecule has 0 amide bonds. The highest BCUT2D eigenvalue weighted by atomic mass is 16.4. The Hall–Kier alpha value is -2.10. The number of imidazole rings is 1. The highest BCUT2D eigenvalue weighted by Crippen LogP contribution is 2.26. The van der Waals surface area contributed by atoms with Gasteiger partial charge in [-0.2, -0.15) is 0 Å². The molecule has 17 heavy (non-hydrogen) atoms. The van der Waals surface area contributed by atoms with Crippen LogP contribution in [-0.4, -0.2) is 20.6 Å². The number of carbonyl (C=O) groups is 1. The van der Waals surface area contributed by atoms with Gasteiger partial charge in [-0.3, -0.25) is 0 Å². The third kappa shape index (κ3) is 1.82. The van der Waals surface area contributed by atoms with Crippen LogP contribution in [0.2, 0.25) is 0 Å². The number of aliphatic carboxylic acids is 1. The van der Waals surface area contributed by atoms with E-state index in [2.05, 4.69) is 4.98 Å². The monoisotopic (exact) mass is 230 g/mol. The summed E-state index contributed by atoms with van der Waals surface area (Å²) in [6.07, 6.45) is 4.76. The number of aromatic nitrogens is 2. The van der Waals surface area contributed by atoms with Gasteiger partial charge in [-0.15, -0.1) is 0 Å². The van der Waals surface area contributed by atoms with Gasteiger partial charge in [0.2, 0.25) is 0 Å². The lowest BCUT2D eigenvalue weighted by Crippen LogP contribution is -2.39. The maximum absolute atomic E-state index is 11.6. The van der Waals surface area contributed by atoms with Gasteiger partial charge in [0.1, 0.15) is 0 Å². The summed E-state index contributed by atoms with van der Waals surface area (Å²) in [6.45, 7) is 3.64. The molecule has 0 aliphatic rings. The third-order valence-corrected chi connectivity index (χ3v) is 3.05. The highest BCUT2D eigenvalue weighted by Gasteiger charge is 2.36. The van der Waals surface area contributed by atoms with Gasteiger partial charge in [0, 0.05) is 12.4 Å². The van der Waals surface area contributed by atoms with Gasteiger partial charge in [0.15, 0.2) is 5.54 Å². The number of rotatable bonds is 3. The predicted octanol–water partition coefficient (Wildman–Crippen LogP) is 2.04. The number of hydrogen-bond donors (Lipinski definition) is 1. The van der Waals surface area contributed by atoms with E-state index in [-0.39, 0.29) is 0 Å². The van der Waals surface area contributed by atoms with Crippen LogP contribution in [0.15, 0.2) is 43.0 Å². The van der Waals surface area contributed by atoms with Crippen molar-refractivity contribution in [2.24, 2.45) is 0 Å². The molecule has 4 heteroatoms. The Morgan fingerprint density at radius 3 is 2.47 bits per heavy atom. The van der Waals surface area contributed by atoms with E-state index in [1.54, 1.807) is 23.9 Å². The van der Waals surface area contributed by atoms with Gasteiger partial charge >= 0.3 is 5.97 Å². The molecule has 0 saturated carbocycles. The first kappa shape index (κ1) is 11.4. The average Bonchev–Trinajstić information content (AvgIpc) is 2.82. The van der Waals surface area contributed by atoms with Crippen molar-refractivity contribution in [2.75, 3.05) is 0 Å². The van der Waals surface area contributed by atoms with Crippen molar-refractivity contribution in [3.63, 3.8) is 0 Å². The SMILES string of the molecule is Cc1ccc(C(C)(C(=O)O)n2ccnc2)cc1. The Morgan fingerprint density at radius 2 is 2.00 bits per heavy atom. The van der Waals surface area contributed by atoms with Crippen LogP contribution in [0.1, 0.15) is 18.1 Å². The first-order valence-electron chi connectivity index (χ1n) is 5.34. The molecule has 0 fully saturated rings. The lowest BCUT2D eigenvalue weighted by Gasteiger charge is -2.27. The number of nitrogens with zero attached hydrogens (tertiary/aromatic N) is 2. The average molecular weight is 230 g/mol. The number of benzene rings is 1. The number of hydrogen-bond acceptors (Lipinski definition) is 2. The topological polar surface area (TPSA) is 55.1 Å². The van der Waals surface area contributed by atoms with E-state index >= 15 is 0 Å². The van der Waals surface area contributed by atoms with E-state index in [1.165, 1.54) is 6.33 Å². The lowest BCUT2D eigenvalue weighted by atomic mass is 9.91. The zero-order valence-corrected chi connectivity index (χ0v) is 9.79. The predicted molar refractivity (Wildman–Crippen MR) is 63.8 cm³/mol. The summed E-state index contributed by atoms with van der Waals surface area (Å²) >= 11 is 0. The molecule has 0 spiro atoms. The number of carboxylic acid groups (broad SMARTS) is 1. The fourth-order valence-electron chi connectivity index (χ4n) is 1.78. The molecular weight excluding hydrogens is 216 g/mol. The second-order valence-corrected chi connectivity index (χ2v) is 4.21. The van der Waals surface area contributed by atoms with Crippen LogP contribution in [0.5, 0.6) is 0 Å². The van der Waals surface area contributed by atoms with Crippen LogP contribution in [0.3, 0.4) is 0 Å². The maximum atomic E-state index is 11.6. The van der Waals surface area contributed by atoms with Crippen LogP contribution >= 0.6 is 0 Å². The summed E-state index contributed by atoms with van der Waals surface area (Å²) in [5, 5.41) is 9.48. The molecule has 1 heterocycles. The van der Waals surface area contributed by atoms with E-state index in [1.807, 2.05) is 31.2 Å². The molecular formula is C13H14N2O2. The smallest absolute Gasteiger partial charge is 0.334 e. The minimum atomic E-state index is -1.12. The lowest BCUT2D eigenvalue weighted by molar-refractivity contribution is -0.144. The minimum absolute atomic E-state index is 0.730. The molecule has 0 radical (unpaired) electrons. The summed E-state index contributed by atoms with van der Waals surface area (Å²) in [4.78, 5) is 15.5. The Bertz CT molecular complexity index is 517. The second kappa shape index (κ2) is 4.05. The van der Waals surface area contributed by atoms with Gasteiger partial charge in [-0.1, -0.05) is 29.8 Å². The van der Waals surface area contributed by atoms with Crippen molar-refractivity contribution in [3.05, 3.63) is 54.1 Å². The van der Waals surface area contributed by atoms with Crippen molar-refractivity contribution in [3.8, 4) is 0 Å². The third-order valence-electron chi connectivity index (χ3n) is 3.05. The van der Waals surface area contributed by atoms with Gasteiger partial charge in [0.05, 0.1) is 6.33 Å². The molecule has 0 aliphatic carbocycles. The molecule has 2 rings (SSSR count). The zero-order valence-electron chi connectivity index (χ0n) is 9.79. The van der Waals surface area contributed by atoms with E-state index < -0.39 is 11.5 Å². The van der Waals surface area contributed by atoms with E-state index in [9.17, 15) is 9.90 Å². The molecule has 1 unspecified atom stereocenters. The molecule has 2 aromatic rings. The summed E-state index contributed by atoms with van der Waals surface area (Å²) in [7, 11) is 0. The van der Waals surface area contributed by atoms with Gasteiger partial charge < -0.3 is 9.67 Å². The highest BCUT2D eigenvalue weighted by molar-refractivity contribution is 5.80. The molecule has 0 saturated heterocycles. The number of aryl methyl sites for hydroxylation is 1. The summed E-state index contributed by atoms with van der Waals surface area (Å²) in [5.74, 6) is -0.903. The molecule has 1 aromatic carbocycles. The Balaban J connectivity index is 2.56. The van der Waals surface area contributed by atoms with Gasteiger partial charge in [0.25, 0.3) is 0 Å². The van der Waals surface area contributed by atoms with Crippen LogP contribution < -0.4 is 0 Å². The van der Waals surface area contributed by atoms with Crippen LogP contribution in [0, 0.1) is 6.92 Å². The first-order valence-corrected chi connectivity index (χ1v) is 5.34. The van der Waals surface area contributed by atoms with Crippen molar-refractivity contribution in [2.45, 2.75) is 19.4 Å². The number of carboxylic acids is 1. The Labute approximate surface area is 99.5 Å². The fourth-order valence-corrected chi connectivity index (χ4v) is 1.78. The molecule has 0 bridgehead atoms. The minimum Gasteiger partial charge on any atom is -0.479 e. The summed E-state index contributed by atoms with van der Waals surface area (Å²) < 4.78 is 1.60.